The number of para-hydroxylation sites is 1. The summed E-state index contributed by atoms with van der Waals surface area (Å²) in [5.41, 5.74) is 10.7. The van der Waals surface area contributed by atoms with E-state index in [1.807, 2.05) is 126 Å². The van der Waals surface area contributed by atoms with Gasteiger partial charge in [-0.25, -0.2) is 0 Å². The Labute approximate surface area is 317 Å². The fourth-order valence-corrected chi connectivity index (χ4v) is 6.99. The molecule has 9 aromatic carbocycles. The fraction of sp³-hybridized carbons (Fsp3) is 0. The zero-order chi connectivity index (χ0) is 38.9. The molecule has 0 amide bonds. The summed E-state index contributed by atoms with van der Waals surface area (Å²) in [5.74, 6) is 0. The van der Waals surface area contributed by atoms with Gasteiger partial charge in [0.15, 0.2) is 0 Å². The topological polar surface area (TPSA) is 3.24 Å². The van der Waals surface area contributed by atoms with Crippen LogP contribution in [0.1, 0.15) is 5.48 Å². The van der Waals surface area contributed by atoms with Crippen LogP contribution in [0, 0.1) is 0 Å². The minimum atomic E-state index is -0.122. The number of fused-ring (bicyclic) bond motifs is 1. The number of anilines is 3. The zero-order valence-corrected chi connectivity index (χ0v) is 29.0. The van der Waals surface area contributed by atoms with Crippen LogP contribution in [-0.2, 0) is 0 Å². The Morgan fingerprint density at radius 3 is 1.43 bits per heavy atom. The molecular weight excluding hydrogens is 639 g/mol. The summed E-state index contributed by atoms with van der Waals surface area (Å²) in [5, 5.41) is 2.27. The molecule has 0 N–H and O–H groups in total. The van der Waals surface area contributed by atoms with Crippen molar-refractivity contribution in [1.82, 2.24) is 0 Å². The molecule has 0 aliphatic heterocycles. The molecule has 0 unspecified atom stereocenters. The minimum absolute atomic E-state index is 0.0998. The lowest BCUT2D eigenvalue weighted by Crippen LogP contribution is -2.11. The Bertz CT molecular complexity index is 2840. The van der Waals surface area contributed by atoms with Crippen molar-refractivity contribution in [2.24, 2.45) is 0 Å². The summed E-state index contributed by atoms with van der Waals surface area (Å²) in [6.45, 7) is 0. The largest absolute Gasteiger partial charge is 0.310 e. The average Bonchev–Trinajstić information content (AvgIpc) is 3.28. The number of rotatable bonds is 8. The predicted octanol–water partition coefficient (Wildman–Crippen LogP) is 14.6. The van der Waals surface area contributed by atoms with Gasteiger partial charge in [-0.1, -0.05) is 182 Å². The maximum absolute atomic E-state index is 9.60. The van der Waals surface area contributed by atoms with Crippen molar-refractivity contribution in [2.75, 3.05) is 4.90 Å². The fourth-order valence-electron chi connectivity index (χ4n) is 6.99. The van der Waals surface area contributed by atoms with E-state index in [2.05, 4.69) is 78.9 Å². The second kappa shape index (κ2) is 14.3. The molecule has 9 aromatic rings. The first-order valence-corrected chi connectivity index (χ1v) is 17.8. The molecule has 9 rings (SSSR count). The Balaban J connectivity index is 1.19. The first-order valence-electron chi connectivity index (χ1n) is 19.8. The minimum Gasteiger partial charge on any atom is -0.310 e. The van der Waals surface area contributed by atoms with Crippen LogP contribution >= 0.6 is 0 Å². The van der Waals surface area contributed by atoms with E-state index in [4.69, 9.17) is 0 Å². The molecular formula is C52H37N. The van der Waals surface area contributed by atoms with Gasteiger partial charge in [-0.05, 0) is 103 Å². The molecule has 0 aliphatic rings. The van der Waals surface area contributed by atoms with Crippen molar-refractivity contribution in [3.63, 3.8) is 0 Å². The molecule has 1 heteroatoms. The predicted molar refractivity (Wildman–Crippen MR) is 226 cm³/mol. The van der Waals surface area contributed by atoms with Gasteiger partial charge in [0.25, 0.3) is 0 Å². The molecule has 0 heterocycles. The smallest absolute Gasteiger partial charge is 0.0645 e. The van der Waals surface area contributed by atoms with Crippen LogP contribution in [0.2, 0.25) is 0 Å². The quantitative estimate of drug-likeness (QED) is 0.154. The lowest BCUT2D eigenvalue weighted by Gasteiger charge is -2.28. The number of benzene rings is 9. The molecule has 0 fully saturated rings. The normalized spacial score (nSPS) is 12.1. The summed E-state index contributed by atoms with van der Waals surface area (Å²) < 4.78 is 38.1. The van der Waals surface area contributed by atoms with E-state index in [9.17, 15) is 5.48 Å². The second-order valence-electron chi connectivity index (χ2n) is 13.1. The lowest BCUT2D eigenvalue weighted by atomic mass is 9.96. The molecule has 0 radical (unpaired) electrons. The third-order valence-electron chi connectivity index (χ3n) is 9.75. The number of nitrogens with zero attached hydrogens (tertiary/aromatic N) is 1. The molecule has 0 spiro atoms. The second-order valence-corrected chi connectivity index (χ2v) is 13.1. The van der Waals surface area contributed by atoms with E-state index < -0.39 is 0 Å². The first kappa shape index (κ1) is 27.7. The third kappa shape index (κ3) is 6.65. The van der Waals surface area contributed by atoms with Gasteiger partial charge in [0.05, 0.1) is 11.2 Å². The van der Waals surface area contributed by atoms with Gasteiger partial charge in [-0.3, -0.25) is 0 Å². The average molecular weight is 680 g/mol. The summed E-state index contributed by atoms with van der Waals surface area (Å²) in [7, 11) is 0. The van der Waals surface area contributed by atoms with Crippen molar-refractivity contribution in [3.8, 4) is 55.6 Å². The van der Waals surface area contributed by atoms with Crippen LogP contribution in [0.3, 0.4) is 0 Å². The van der Waals surface area contributed by atoms with Crippen LogP contribution in [0.15, 0.2) is 224 Å². The van der Waals surface area contributed by atoms with Gasteiger partial charge in [-0.15, -0.1) is 0 Å². The maximum Gasteiger partial charge on any atom is 0.0645 e. The zero-order valence-electron chi connectivity index (χ0n) is 33.0. The van der Waals surface area contributed by atoms with E-state index in [1.54, 1.807) is 0 Å². The van der Waals surface area contributed by atoms with Crippen LogP contribution in [0.4, 0.5) is 17.1 Å². The van der Waals surface area contributed by atoms with Crippen molar-refractivity contribution in [3.05, 3.63) is 224 Å². The molecule has 1 nitrogen and oxygen atoms in total. The van der Waals surface area contributed by atoms with E-state index in [1.165, 1.54) is 0 Å². The van der Waals surface area contributed by atoms with Crippen molar-refractivity contribution >= 4 is 27.8 Å². The first-order chi connectivity index (χ1) is 27.9. The highest BCUT2D eigenvalue weighted by Crippen LogP contribution is 2.42. The SMILES string of the molecule is [2H]c1c([2H])c(N(c2ccc(-c3ccccc3)cc2)c2ccccc2-c2ccc(-c3ccccc3)cc2)c([2H])c([2H])c1-c1cccc(-c2ccc3ccccc3c2)c1. The van der Waals surface area contributed by atoms with E-state index in [0.717, 1.165) is 66.7 Å². The highest BCUT2D eigenvalue weighted by Gasteiger charge is 2.18. The third-order valence-corrected chi connectivity index (χ3v) is 9.75. The van der Waals surface area contributed by atoms with Crippen molar-refractivity contribution in [1.29, 1.82) is 0 Å². The molecule has 0 aliphatic carbocycles. The molecule has 0 aromatic heterocycles. The monoisotopic (exact) mass is 679 g/mol. The lowest BCUT2D eigenvalue weighted by molar-refractivity contribution is 1.28. The van der Waals surface area contributed by atoms with Crippen molar-refractivity contribution in [2.45, 2.75) is 0 Å². The Morgan fingerprint density at radius 1 is 0.283 bits per heavy atom. The maximum atomic E-state index is 9.60. The highest BCUT2D eigenvalue weighted by atomic mass is 15.1. The Morgan fingerprint density at radius 2 is 0.755 bits per heavy atom. The van der Waals surface area contributed by atoms with E-state index in [0.29, 0.717) is 5.56 Å². The van der Waals surface area contributed by atoms with Crippen LogP contribution < -0.4 is 4.90 Å². The molecule has 0 bridgehead atoms. The van der Waals surface area contributed by atoms with Crippen molar-refractivity contribution < 1.29 is 5.48 Å². The van der Waals surface area contributed by atoms with Gasteiger partial charge in [0, 0.05) is 16.9 Å². The summed E-state index contributed by atoms with van der Waals surface area (Å²) in [6.07, 6.45) is 0. The van der Waals surface area contributed by atoms with Gasteiger partial charge >= 0.3 is 0 Å². The van der Waals surface area contributed by atoms with Crippen LogP contribution in [0.25, 0.3) is 66.4 Å². The van der Waals surface area contributed by atoms with Gasteiger partial charge in [0.1, 0.15) is 0 Å². The van der Waals surface area contributed by atoms with Crippen LogP contribution in [-0.4, -0.2) is 0 Å². The standard InChI is InChI=1S/C52H37N/c1-3-12-38(13-4-1)41-22-25-44(26-23-41)51-20-9-10-21-52(51)53(49-32-28-42(29-33-49)39-14-5-2-6-15-39)50-34-30-43(31-35-50)46-18-11-19-47(36-46)48-27-24-40-16-7-8-17-45(40)37-48/h1-37H/i30D,31D,34D,35D. The summed E-state index contributed by atoms with van der Waals surface area (Å²) >= 11 is 0. The molecule has 0 atom stereocenters. The number of hydrogen-bond acceptors (Lipinski definition) is 1. The van der Waals surface area contributed by atoms with Gasteiger partial charge in [0.2, 0.25) is 0 Å². The van der Waals surface area contributed by atoms with Crippen LogP contribution in [0.5, 0.6) is 0 Å². The Hall–Kier alpha value is -6.96. The summed E-state index contributed by atoms with van der Waals surface area (Å²) in [4.78, 5) is 1.88. The molecule has 250 valence electrons. The molecule has 53 heavy (non-hydrogen) atoms. The van der Waals surface area contributed by atoms with Gasteiger partial charge < -0.3 is 4.90 Å². The Kier molecular flexibility index (Phi) is 7.50. The molecule has 0 saturated heterocycles. The van der Waals surface area contributed by atoms with E-state index >= 15 is 0 Å². The van der Waals surface area contributed by atoms with Gasteiger partial charge in [-0.2, -0.15) is 0 Å². The van der Waals surface area contributed by atoms with E-state index in [-0.39, 0.29) is 35.4 Å². The number of hydrogen-bond donors (Lipinski definition) is 0. The summed E-state index contributed by atoms with van der Waals surface area (Å²) in [6, 6.07) is 66.7. The molecule has 0 saturated carbocycles. The highest BCUT2D eigenvalue weighted by molar-refractivity contribution is 5.90.